The van der Waals surface area contributed by atoms with Gasteiger partial charge in [0.05, 0.1) is 28.3 Å². The van der Waals surface area contributed by atoms with E-state index in [1.807, 2.05) is 0 Å². The topological polar surface area (TPSA) is 61.8 Å². The summed E-state index contributed by atoms with van der Waals surface area (Å²) in [5.41, 5.74) is 2.07. The number of halogens is 2. The highest BCUT2D eigenvalue weighted by Crippen LogP contribution is 2.38. The molecule has 0 bridgehead atoms. The largest absolute Gasteiger partial charge is 0.497 e. The number of ketones is 1. The fourth-order valence-corrected chi connectivity index (χ4v) is 3.51. The van der Waals surface area contributed by atoms with E-state index in [1.165, 1.54) is 13.2 Å². The van der Waals surface area contributed by atoms with Crippen molar-refractivity contribution in [2.24, 2.45) is 0 Å². The molecule has 3 aromatic rings. The number of fused-ring (bicyclic) bond motifs is 1. The second-order valence-corrected chi connectivity index (χ2v) is 7.66. The number of esters is 1. The van der Waals surface area contributed by atoms with Gasteiger partial charge in [0.25, 0.3) is 0 Å². The van der Waals surface area contributed by atoms with E-state index in [1.54, 1.807) is 61.5 Å². The van der Waals surface area contributed by atoms with Gasteiger partial charge in [-0.05, 0) is 60.5 Å². The molecule has 0 aromatic heterocycles. The molecule has 0 N–H and O–H groups in total. The molecule has 31 heavy (non-hydrogen) atoms. The number of ether oxygens (including phenoxy) is 3. The maximum absolute atomic E-state index is 12.8. The lowest BCUT2D eigenvalue weighted by atomic mass is 10.0. The molecule has 3 aromatic carbocycles. The van der Waals surface area contributed by atoms with Gasteiger partial charge >= 0.3 is 5.97 Å². The van der Waals surface area contributed by atoms with Gasteiger partial charge < -0.3 is 14.2 Å². The van der Waals surface area contributed by atoms with E-state index in [9.17, 15) is 9.59 Å². The van der Waals surface area contributed by atoms with E-state index in [2.05, 4.69) is 0 Å². The van der Waals surface area contributed by atoms with Crippen LogP contribution in [-0.2, 0) is 0 Å². The van der Waals surface area contributed by atoms with Gasteiger partial charge in [0, 0.05) is 6.07 Å². The summed E-state index contributed by atoms with van der Waals surface area (Å²) in [6.45, 7) is 1.76. The summed E-state index contributed by atoms with van der Waals surface area (Å²) in [7, 11) is 1.52. The maximum Gasteiger partial charge on any atom is 0.343 e. The van der Waals surface area contributed by atoms with Crippen LogP contribution in [0.15, 0.2) is 60.4 Å². The Kier molecular flexibility index (Phi) is 5.72. The summed E-state index contributed by atoms with van der Waals surface area (Å²) < 4.78 is 16.4. The summed E-state index contributed by atoms with van der Waals surface area (Å²) in [6, 6.07) is 14.8. The van der Waals surface area contributed by atoms with Crippen LogP contribution < -0.4 is 14.2 Å². The number of rotatable bonds is 4. The molecule has 156 valence electrons. The Morgan fingerprint density at radius 1 is 1.00 bits per heavy atom. The number of Topliss-reactive ketones (excluding diaryl/α,β-unsaturated/α-hetero) is 1. The Labute approximate surface area is 188 Å². The molecule has 1 aliphatic rings. The molecule has 7 heteroatoms. The number of aryl methyl sites for hydroxylation is 1. The molecule has 0 aliphatic carbocycles. The number of carbonyl (C=O) groups is 2. The monoisotopic (exact) mass is 454 g/mol. The Bertz CT molecular complexity index is 1250. The van der Waals surface area contributed by atoms with E-state index in [0.29, 0.717) is 43.8 Å². The Morgan fingerprint density at radius 2 is 1.81 bits per heavy atom. The van der Waals surface area contributed by atoms with Crippen LogP contribution in [0, 0.1) is 6.92 Å². The molecule has 0 atom stereocenters. The number of allylic oxidation sites excluding steroid dienone is 1. The van der Waals surface area contributed by atoms with Crippen molar-refractivity contribution in [1.82, 2.24) is 0 Å². The van der Waals surface area contributed by atoms with E-state index < -0.39 is 5.97 Å². The third-order valence-corrected chi connectivity index (χ3v) is 5.44. The molecule has 0 radical (unpaired) electrons. The molecule has 0 fully saturated rings. The standard InChI is InChI=1S/C24H16Cl2O5/c1-13-8-17(30-24(28)15-4-3-5-16(11-15)29-2)12-20-22(13)23(27)21(31-20)10-14-6-7-18(25)19(26)9-14/h3-12H,1-2H3/b21-10-. The molecule has 0 saturated heterocycles. The molecule has 0 amide bonds. The van der Waals surface area contributed by atoms with Gasteiger partial charge in [0.1, 0.15) is 17.2 Å². The van der Waals surface area contributed by atoms with Crippen LogP contribution in [0.25, 0.3) is 6.08 Å². The number of carbonyl (C=O) groups excluding carboxylic acids is 2. The van der Waals surface area contributed by atoms with Crippen LogP contribution in [0.2, 0.25) is 10.0 Å². The summed E-state index contributed by atoms with van der Waals surface area (Å²) >= 11 is 12.0. The van der Waals surface area contributed by atoms with E-state index in [-0.39, 0.29) is 17.3 Å². The summed E-state index contributed by atoms with van der Waals surface area (Å²) in [5, 5.41) is 0.797. The highest BCUT2D eigenvalue weighted by Gasteiger charge is 2.30. The quantitative estimate of drug-likeness (QED) is 0.269. The molecular weight excluding hydrogens is 439 g/mol. The second-order valence-electron chi connectivity index (χ2n) is 6.85. The van der Waals surface area contributed by atoms with Crippen molar-refractivity contribution in [3.05, 3.63) is 92.7 Å². The van der Waals surface area contributed by atoms with E-state index in [0.717, 1.165) is 0 Å². The molecule has 1 aliphatic heterocycles. The van der Waals surface area contributed by atoms with Crippen LogP contribution in [0.4, 0.5) is 0 Å². The number of hydrogen-bond donors (Lipinski definition) is 0. The van der Waals surface area contributed by atoms with Crippen LogP contribution in [0.1, 0.15) is 31.8 Å². The van der Waals surface area contributed by atoms with Gasteiger partial charge in [-0.1, -0.05) is 35.3 Å². The lowest BCUT2D eigenvalue weighted by molar-refractivity contribution is 0.0734. The highest BCUT2D eigenvalue weighted by molar-refractivity contribution is 6.42. The first-order valence-corrected chi connectivity index (χ1v) is 10.0. The summed E-state index contributed by atoms with van der Waals surface area (Å²) in [6.07, 6.45) is 1.59. The third kappa shape index (κ3) is 4.29. The number of hydrogen-bond acceptors (Lipinski definition) is 5. The molecule has 0 saturated carbocycles. The SMILES string of the molecule is COc1cccc(C(=O)Oc2cc(C)c3c(c2)O/C(=C\c2ccc(Cl)c(Cl)c2)C3=O)c1. The fraction of sp³-hybridized carbons (Fsp3) is 0.0833. The van der Waals surface area contributed by atoms with Crippen molar-refractivity contribution in [1.29, 1.82) is 0 Å². The second kappa shape index (κ2) is 8.46. The first-order valence-electron chi connectivity index (χ1n) is 9.26. The molecule has 0 unspecified atom stereocenters. The van der Waals surface area contributed by atoms with E-state index in [4.69, 9.17) is 37.4 Å². The van der Waals surface area contributed by atoms with Gasteiger partial charge in [-0.2, -0.15) is 0 Å². The minimum absolute atomic E-state index is 0.146. The zero-order valence-electron chi connectivity index (χ0n) is 16.6. The average molecular weight is 455 g/mol. The van der Waals surface area contributed by atoms with Crippen molar-refractivity contribution in [3.8, 4) is 17.2 Å². The van der Waals surface area contributed by atoms with Crippen LogP contribution in [0.5, 0.6) is 17.2 Å². The predicted octanol–water partition coefficient (Wildman–Crippen LogP) is 6.15. The zero-order chi connectivity index (χ0) is 22.1. The van der Waals surface area contributed by atoms with Gasteiger partial charge in [0.2, 0.25) is 5.78 Å². The maximum atomic E-state index is 12.8. The lowest BCUT2D eigenvalue weighted by Crippen LogP contribution is -2.09. The molecule has 5 nitrogen and oxygen atoms in total. The molecule has 4 rings (SSSR count). The summed E-state index contributed by atoms with van der Waals surface area (Å²) in [5.74, 6) is 0.481. The van der Waals surface area contributed by atoms with Crippen LogP contribution >= 0.6 is 23.2 Å². The Morgan fingerprint density at radius 3 is 2.55 bits per heavy atom. The Balaban J connectivity index is 1.60. The van der Waals surface area contributed by atoms with Crippen molar-refractivity contribution in [2.45, 2.75) is 6.92 Å². The number of methoxy groups -OCH3 is 1. The normalized spacial score (nSPS) is 13.7. The van der Waals surface area contributed by atoms with Crippen molar-refractivity contribution >= 4 is 41.0 Å². The first kappa shape index (κ1) is 21.0. The number of benzene rings is 3. The van der Waals surface area contributed by atoms with Crippen LogP contribution in [0.3, 0.4) is 0 Å². The minimum atomic E-state index is -0.547. The average Bonchev–Trinajstić information content (AvgIpc) is 3.06. The molecule has 1 heterocycles. The zero-order valence-corrected chi connectivity index (χ0v) is 18.1. The minimum Gasteiger partial charge on any atom is -0.497 e. The summed E-state index contributed by atoms with van der Waals surface area (Å²) in [4.78, 5) is 25.3. The van der Waals surface area contributed by atoms with Gasteiger partial charge in [0.15, 0.2) is 5.76 Å². The van der Waals surface area contributed by atoms with Crippen molar-refractivity contribution < 1.29 is 23.8 Å². The van der Waals surface area contributed by atoms with Crippen molar-refractivity contribution in [2.75, 3.05) is 7.11 Å². The third-order valence-electron chi connectivity index (χ3n) is 4.70. The van der Waals surface area contributed by atoms with Gasteiger partial charge in [-0.25, -0.2) is 4.79 Å². The first-order chi connectivity index (χ1) is 14.9. The van der Waals surface area contributed by atoms with Crippen LogP contribution in [-0.4, -0.2) is 18.9 Å². The molecule has 0 spiro atoms. The highest BCUT2D eigenvalue weighted by atomic mass is 35.5. The predicted molar refractivity (Wildman–Crippen MR) is 119 cm³/mol. The van der Waals surface area contributed by atoms with Gasteiger partial charge in [-0.3, -0.25) is 4.79 Å². The smallest absolute Gasteiger partial charge is 0.343 e. The van der Waals surface area contributed by atoms with Gasteiger partial charge in [-0.15, -0.1) is 0 Å². The molecular formula is C24H16Cl2O5. The van der Waals surface area contributed by atoms with Crippen molar-refractivity contribution in [3.63, 3.8) is 0 Å². The van der Waals surface area contributed by atoms with E-state index >= 15 is 0 Å². The Hall–Kier alpha value is -3.28. The fourth-order valence-electron chi connectivity index (χ4n) is 3.21. The lowest BCUT2D eigenvalue weighted by Gasteiger charge is -2.08.